The third kappa shape index (κ3) is 6.00. The van der Waals surface area contributed by atoms with Gasteiger partial charge in [0.25, 0.3) is 17.5 Å². The van der Waals surface area contributed by atoms with Crippen molar-refractivity contribution in [3.8, 4) is 0 Å². The molecule has 2 fully saturated rings. The summed E-state index contributed by atoms with van der Waals surface area (Å²) >= 11 is 9.43. The Hall–Kier alpha value is -3.28. The highest BCUT2D eigenvalue weighted by atomic mass is 79.9. The van der Waals surface area contributed by atoms with E-state index in [1.54, 1.807) is 35.4 Å². The average molecular weight is 617 g/mol. The van der Waals surface area contributed by atoms with Gasteiger partial charge in [-0.2, -0.15) is 0 Å². The number of fused-ring (bicyclic) bond motifs is 1. The Balaban J connectivity index is 1.44. The number of aromatic nitrogens is 1. The topological polar surface area (TPSA) is 127 Å². The van der Waals surface area contributed by atoms with E-state index < -0.39 is 17.0 Å². The lowest BCUT2D eigenvalue weighted by Crippen LogP contribution is -2.52. The van der Waals surface area contributed by atoms with Gasteiger partial charge in [-0.1, -0.05) is 33.6 Å². The van der Waals surface area contributed by atoms with Crippen LogP contribution in [0.1, 0.15) is 46.4 Å². The van der Waals surface area contributed by atoms with Crippen LogP contribution in [0.15, 0.2) is 47.2 Å². The number of carbonyl (C=O) groups is 2. The van der Waals surface area contributed by atoms with Gasteiger partial charge in [-0.15, -0.1) is 0 Å². The first-order valence-corrected chi connectivity index (χ1v) is 13.9. The molecule has 0 spiro atoms. The fraction of sp³-hybridized carbons (Fsp3) is 0.370. The Morgan fingerprint density at radius 2 is 1.90 bits per heavy atom. The normalized spacial score (nSPS) is 19.5. The van der Waals surface area contributed by atoms with Gasteiger partial charge in [0.15, 0.2) is 0 Å². The number of ether oxygens (including phenoxy) is 1. The molecule has 0 saturated carbocycles. The van der Waals surface area contributed by atoms with E-state index in [4.69, 9.17) is 16.3 Å². The standard InChI is InChI=1S/C27H27BrClN5O5/c28-17-11-20(27(36)33-7-2-1-3-8-33)25(24(12-17)34(37)38)31-23-15-39-9-6-22(23)32-26(35)21-14-30-13-16-10-18(29)4-5-19(16)21/h4-5,10-14,22-23,31H,1-3,6-9,15H2,(H,32,35)/t22-,23+/m0/s1. The van der Waals surface area contributed by atoms with Crippen molar-refractivity contribution in [2.45, 2.75) is 37.8 Å². The Morgan fingerprint density at radius 3 is 2.67 bits per heavy atom. The highest BCUT2D eigenvalue weighted by Crippen LogP contribution is 2.35. The van der Waals surface area contributed by atoms with Crippen LogP contribution in [0.4, 0.5) is 11.4 Å². The van der Waals surface area contributed by atoms with Crippen LogP contribution in [0, 0.1) is 10.1 Å². The molecule has 2 saturated heterocycles. The monoisotopic (exact) mass is 615 g/mol. The number of nitro benzene ring substituents is 1. The van der Waals surface area contributed by atoms with E-state index in [-0.39, 0.29) is 35.4 Å². The van der Waals surface area contributed by atoms with Crippen LogP contribution in [-0.2, 0) is 4.74 Å². The third-order valence-electron chi connectivity index (χ3n) is 7.12. The molecule has 2 aliphatic heterocycles. The number of hydrogen-bond acceptors (Lipinski definition) is 7. The Labute approximate surface area is 238 Å². The van der Waals surface area contributed by atoms with Crippen molar-refractivity contribution in [3.05, 3.63) is 73.5 Å². The summed E-state index contributed by atoms with van der Waals surface area (Å²) in [7, 11) is 0. The first-order valence-electron chi connectivity index (χ1n) is 12.8. The van der Waals surface area contributed by atoms with Crippen LogP contribution in [0.3, 0.4) is 0 Å². The van der Waals surface area contributed by atoms with Crippen LogP contribution >= 0.6 is 27.5 Å². The van der Waals surface area contributed by atoms with Crippen LogP contribution in [0.5, 0.6) is 0 Å². The number of piperidine rings is 1. The molecule has 204 valence electrons. The van der Waals surface area contributed by atoms with E-state index in [2.05, 4.69) is 31.5 Å². The number of likely N-dealkylation sites (tertiary alicyclic amines) is 1. The number of pyridine rings is 1. The molecule has 0 unspecified atom stereocenters. The number of nitro groups is 1. The van der Waals surface area contributed by atoms with E-state index in [0.29, 0.717) is 46.6 Å². The van der Waals surface area contributed by atoms with Crippen molar-refractivity contribution in [1.82, 2.24) is 15.2 Å². The quantitative estimate of drug-likeness (QED) is 0.289. The van der Waals surface area contributed by atoms with Crippen molar-refractivity contribution >= 4 is 61.5 Å². The maximum atomic E-state index is 13.5. The largest absolute Gasteiger partial charge is 0.379 e. The summed E-state index contributed by atoms with van der Waals surface area (Å²) in [4.78, 5) is 44.4. The smallest absolute Gasteiger partial charge is 0.294 e. The van der Waals surface area contributed by atoms with Crippen LogP contribution < -0.4 is 10.6 Å². The SMILES string of the molecule is O=C(N[C@H]1CCOC[C@H]1Nc1c(C(=O)N2CCCCC2)cc(Br)cc1[N+](=O)[O-])c1cncc2cc(Cl)ccc12. The predicted molar refractivity (Wildman–Crippen MR) is 151 cm³/mol. The minimum atomic E-state index is -0.520. The molecule has 2 aliphatic rings. The molecule has 10 nitrogen and oxygen atoms in total. The van der Waals surface area contributed by atoms with Crippen molar-refractivity contribution < 1.29 is 19.2 Å². The van der Waals surface area contributed by atoms with Crippen molar-refractivity contribution in [2.75, 3.05) is 31.6 Å². The number of rotatable bonds is 6. The minimum Gasteiger partial charge on any atom is -0.379 e. The lowest BCUT2D eigenvalue weighted by Gasteiger charge is -2.34. The number of benzene rings is 2. The number of carbonyl (C=O) groups excluding carboxylic acids is 2. The summed E-state index contributed by atoms with van der Waals surface area (Å²) in [5.41, 5.74) is 0.499. The number of nitrogens with one attached hydrogen (secondary N) is 2. The summed E-state index contributed by atoms with van der Waals surface area (Å²) in [6.45, 7) is 1.82. The molecule has 1 aromatic heterocycles. The molecule has 3 heterocycles. The van der Waals surface area contributed by atoms with Gasteiger partial charge in [0.2, 0.25) is 0 Å². The lowest BCUT2D eigenvalue weighted by atomic mass is 10.00. The summed E-state index contributed by atoms with van der Waals surface area (Å²) < 4.78 is 6.12. The lowest BCUT2D eigenvalue weighted by molar-refractivity contribution is -0.384. The molecule has 0 radical (unpaired) electrons. The number of halogens is 2. The third-order valence-corrected chi connectivity index (χ3v) is 7.81. The summed E-state index contributed by atoms with van der Waals surface area (Å²) in [5.74, 6) is -0.594. The zero-order valence-electron chi connectivity index (χ0n) is 21.0. The number of hydrogen-bond donors (Lipinski definition) is 2. The van der Waals surface area contributed by atoms with Gasteiger partial charge < -0.3 is 20.3 Å². The van der Waals surface area contributed by atoms with E-state index in [9.17, 15) is 19.7 Å². The molecule has 2 aromatic carbocycles. The number of anilines is 1. The number of nitrogens with zero attached hydrogens (tertiary/aromatic N) is 3. The Bertz CT molecular complexity index is 1430. The minimum absolute atomic E-state index is 0.120. The van der Waals surface area contributed by atoms with Crippen molar-refractivity contribution in [3.63, 3.8) is 0 Å². The Morgan fingerprint density at radius 1 is 1.10 bits per heavy atom. The number of amides is 2. The molecular weight excluding hydrogens is 590 g/mol. The maximum absolute atomic E-state index is 13.5. The first-order chi connectivity index (χ1) is 18.8. The molecular formula is C27H27BrClN5O5. The van der Waals surface area contributed by atoms with Crippen molar-refractivity contribution in [2.24, 2.45) is 0 Å². The molecule has 2 atom stereocenters. The van der Waals surface area contributed by atoms with Crippen molar-refractivity contribution in [1.29, 1.82) is 0 Å². The molecule has 39 heavy (non-hydrogen) atoms. The molecule has 0 bridgehead atoms. The summed E-state index contributed by atoms with van der Waals surface area (Å²) in [6, 6.07) is 7.27. The Kier molecular flexibility index (Phi) is 8.29. The van der Waals surface area contributed by atoms with Crippen LogP contribution in [0.25, 0.3) is 10.8 Å². The zero-order chi connectivity index (χ0) is 27.5. The molecule has 0 aliphatic carbocycles. The fourth-order valence-electron chi connectivity index (χ4n) is 5.14. The van der Waals surface area contributed by atoms with Gasteiger partial charge in [0, 0.05) is 53.0 Å². The molecule has 2 amide bonds. The van der Waals surface area contributed by atoms with Crippen LogP contribution in [0.2, 0.25) is 5.02 Å². The van der Waals surface area contributed by atoms with E-state index >= 15 is 0 Å². The molecule has 12 heteroatoms. The van der Waals surface area contributed by atoms with E-state index in [1.165, 1.54) is 12.3 Å². The van der Waals surface area contributed by atoms with Gasteiger partial charge in [0.05, 0.1) is 34.7 Å². The highest BCUT2D eigenvalue weighted by Gasteiger charge is 2.33. The first kappa shape index (κ1) is 27.3. The van der Waals surface area contributed by atoms with Gasteiger partial charge in [-0.05, 0) is 49.3 Å². The van der Waals surface area contributed by atoms with Gasteiger partial charge in [-0.25, -0.2) is 0 Å². The average Bonchev–Trinajstić information content (AvgIpc) is 2.94. The fourth-order valence-corrected chi connectivity index (χ4v) is 5.76. The molecule has 5 rings (SSSR count). The maximum Gasteiger partial charge on any atom is 0.294 e. The van der Waals surface area contributed by atoms with Gasteiger partial charge in [-0.3, -0.25) is 24.7 Å². The highest BCUT2D eigenvalue weighted by molar-refractivity contribution is 9.10. The second-order valence-electron chi connectivity index (χ2n) is 9.70. The van der Waals surface area contributed by atoms with Crippen LogP contribution in [-0.4, -0.2) is 65.0 Å². The summed E-state index contributed by atoms with van der Waals surface area (Å²) in [5, 5.41) is 20.3. The second-order valence-corrected chi connectivity index (χ2v) is 11.1. The molecule has 2 N–H and O–H groups in total. The predicted octanol–water partition coefficient (Wildman–Crippen LogP) is 5.18. The zero-order valence-corrected chi connectivity index (χ0v) is 23.3. The van der Waals surface area contributed by atoms with Gasteiger partial charge >= 0.3 is 0 Å². The summed E-state index contributed by atoms with van der Waals surface area (Å²) in [6.07, 6.45) is 6.46. The second kappa shape index (κ2) is 11.8. The van der Waals surface area contributed by atoms with E-state index in [1.807, 2.05) is 0 Å². The van der Waals surface area contributed by atoms with E-state index in [0.717, 1.165) is 24.6 Å². The van der Waals surface area contributed by atoms with Gasteiger partial charge in [0.1, 0.15) is 5.69 Å². The molecule has 3 aromatic rings.